The van der Waals surface area contributed by atoms with Crippen LogP contribution < -0.4 is 10.2 Å². The third-order valence-corrected chi connectivity index (χ3v) is 3.21. The molecule has 17 heavy (non-hydrogen) atoms. The zero-order valence-corrected chi connectivity index (χ0v) is 10.5. The quantitative estimate of drug-likeness (QED) is 0.791. The maximum atomic E-state index is 13.9. The Morgan fingerprint density at radius 2 is 2.06 bits per heavy atom. The first-order valence-electron chi connectivity index (χ1n) is 6.55. The van der Waals surface area contributed by atoms with Crippen LogP contribution in [0, 0.1) is 5.82 Å². The second-order valence-corrected chi connectivity index (χ2v) is 4.66. The van der Waals surface area contributed by atoms with Crippen molar-refractivity contribution in [3.05, 3.63) is 29.6 Å². The van der Waals surface area contributed by atoms with Gasteiger partial charge in [0.05, 0.1) is 5.69 Å². The maximum absolute atomic E-state index is 13.9. The minimum absolute atomic E-state index is 0.0808. The summed E-state index contributed by atoms with van der Waals surface area (Å²) in [6, 6.07) is 5.61. The number of rotatable bonds is 5. The summed E-state index contributed by atoms with van der Waals surface area (Å²) in [5, 5.41) is 3.29. The molecule has 3 heteroatoms. The average Bonchev–Trinajstić information content (AvgIpc) is 2.83. The van der Waals surface area contributed by atoms with Crippen LogP contribution in [0.15, 0.2) is 18.2 Å². The first-order chi connectivity index (χ1) is 8.31. The van der Waals surface area contributed by atoms with E-state index < -0.39 is 0 Å². The molecule has 1 aliphatic rings. The van der Waals surface area contributed by atoms with Crippen LogP contribution in [0.4, 0.5) is 10.1 Å². The van der Waals surface area contributed by atoms with E-state index in [0.29, 0.717) is 0 Å². The van der Waals surface area contributed by atoms with Crippen LogP contribution in [-0.4, -0.2) is 19.6 Å². The minimum Gasteiger partial charge on any atom is -0.369 e. The fourth-order valence-corrected chi connectivity index (χ4v) is 2.28. The Bertz CT molecular complexity index is 359. The number of hydrogen-bond donors (Lipinski definition) is 1. The van der Waals surface area contributed by atoms with E-state index in [1.54, 1.807) is 6.07 Å². The standard InChI is InChI=1S/C14H21FN2/c1-2-7-16-11-12-5-6-14(13(15)10-12)17-8-3-4-9-17/h5-6,10,16H,2-4,7-9,11H2,1H3. The molecule has 1 aromatic rings. The zero-order valence-electron chi connectivity index (χ0n) is 10.5. The van der Waals surface area contributed by atoms with Crippen molar-refractivity contribution in [1.29, 1.82) is 0 Å². The highest BCUT2D eigenvalue weighted by Crippen LogP contribution is 2.24. The van der Waals surface area contributed by atoms with Crippen molar-refractivity contribution < 1.29 is 4.39 Å². The molecule has 0 unspecified atom stereocenters. The summed E-state index contributed by atoms with van der Waals surface area (Å²) in [6.07, 6.45) is 3.47. The highest BCUT2D eigenvalue weighted by atomic mass is 19.1. The predicted molar refractivity (Wildman–Crippen MR) is 69.8 cm³/mol. The van der Waals surface area contributed by atoms with Crippen molar-refractivity contribution in [2.75, 3.05) is 24.5 Å². The number of benzene rings is 1. The minimum atomic E-state index is -0.0808. The van der Waals surface area contributed by atoms with Crippen LogP contribution in [0.1, 0.15) is 31.7 Å². The van der Waals surface area contributed by atoms with Gasteiger partial charge in [-0.3, -0.25) is 0 Å². The number of anilines is 1. The molecule has 1 aliphatic heterocycles. The molecule has 0 aliphatic carbocycles. The largest absolute Gasteiger partial charge is 0.369 e. The van der Waals surface area contributed by atoms with E-state index in [1.165, 1.54) is 12.8 Å². The van der Waals surface area contributed by atoms with Crippen LogP contribution >= 0.6 is 0 Å². The Morgan fingerprint density at radius 1 is 1.29 bits per heavy atom. The molecule has 1 N–H and O–H groups in total. The SMILES string of the molecule is CCCNCc1ccc(N2CCCC2)c(F)c1. The van der Waals surface area contributed by atoms with Gasteiger partial charge in [0, 0.05) is 19.6 Å². The Labute approximate surface area is 103 Å². The van der Waals surface area contributed by atoms with E-state index in [4.69, 9.17) is 0 Å². The topological polar surface area (TPSA) is 15.3 Å². The molecule has 0 amide bonds. The summed E-state index contributed by atoms with van der Waals surface area (Å²) in [6.45, 7) is 5.85. The molecular formula is C14H21FN2. The molecule has 0 radical (unpaired) electrons. The number of nitrogens with one attached hydrogen (secondary N) is 1. The van der Waals surface area contributed by atoms with Crippen LogP contribution in [0.2, 0.25) is 0 Å². The highest BCUT2D eigenvalue weighted by molar-refractivity contribution is 5.49. The van der Waals surface area contributed by atoms with Crippen molar-refractivity contribution in [2.45, 2.75) is 32.7 Å². The molecule has 94 valence electrons. The van der Waals surface area contributed by atoms with Gasteiger partial charge in [0.1, 0.15) is 5.82 Å². The van der Waals surface area contributed by atoms with E-state index >= 15 is 0 Å². The Kier molecular flexibility index (Phi) is 4.37. The van der Waals surface area contributed by atoms with E-state index in [-0.39, 0.29) is 5.82 Å². The van der Waals surface area contributed by atoms with Gasteiger partial charge in [0.15, 0.2) is 0 Å². The molecular weight excluding hydrogens is 215 g/mol. The molecule has 0 aromatic heterocycles. The van der Waals surface area contributed by atoms with Gasteiger partial charge < -0.3 is 10.2 Å². The second kappa shape index (κ2) is 6.01. The molecule has 1 fully saturated rings. The van der Waals surface area contributed by atoms with Gasteiger partial charge in [-0.15, -0.1) is 0 Å². The van der Waals surface area contributed by atoms with Crippen LogP contribution in [-0.2, 0) is 6.54 Å². The molecule has 1 aromatic carbocycles. The molecule has 0 saturated carbocycles. The Morgan fingerprint density at radius 3 is 2.71 bits per heavy atom. The third-order valence-electron chi connectivity index (χ3n) is 3.21. The molecule has 0 bridgehead atoms. The smallest absolute Gasteiger partial charge is 0.146 e. The highest BCUT2D eigenvalue weighted by Gasteiger charge is 2.15. The molecule has 1 heterocycles. The first kappa shape index (κ1) is 12.4. The van der Waals surface area contributed by atoms with Gasteiger partial charge in [0.2, 0.25) is 0 Å². The van der Waals surface area contributed by atoms with Crippen molar-refractivity contribution in [2.24, 2.45) is 0 Å². The predicted octanol–water partition coefficient (Wildman–Crippen LogP) is 2.93. The molecule has 1 saturated heterocycles. The Balaban J connectivity index is 2.00. The van der Waals surface area contributed by atoms with E-state index in [1.807, 2.05) is 12.1 Å². The lowest BCUT2D eigenvalue weighted by Gasteiger charge is -2.18. The van der Waals surface area contributed by atoms with Crippen molar-refractivity contribution in [3.8, 4) is 0 Å². The van der Waals surface area contributed by atoms with Gasteiger partial charge in [-0.2, -0.15) is 0 Å². The summed E-state index contributed by atoms with van der Waals surface area (Å²) in [7, 11) is 0. The number of halogens is 1. The van der Waals surface area contributed by atoms with Gasteiger partial charge >= 0.3 is 0 Å². The third kappa shape index (κ3) is 3.19. The van der Waals surface area contributed by atoms with Crippen molar-refractivity contribution in [1.82, 2.24) is 5.32 Å². The molecule has 0 atom stereocenters. The van der Waals surface area contributed by atoms with Gasteiger partial charge in [-0.25, -0.2) is 4.39 Å². The van der Waals surface area contributed by atoms with E-state index in [9.17, 15) is 4.39 Å². The molecule has 0 spiro atoms. The normalized spacial score (nSPS) is 15.5. The summed E-state index contributed by atoms with van der Waals surface area (Å²) in [4.78, 5) is 2.14. The monoisotopic (exact) mass is 236 g/mol. The number of hydrogen-bond acceptors (Lipinski definition) is 2. The van der Waals surface area contributed by atoms with E-state index in [2.05, 4.69) is 17.1 Å². The van der Waals surface area contributed by atoms with Gasteiger partial charge in [0.25, 0.3) is 0 Å². The summed E-state index contributed by atoms with van der Waals surface area (Å²) >= 11 is 0. The maximum Gasteiger partial charge on any atom is 0.146 e. The zero-order chi connectivity index (χ0) is 12.1. The molecule has 2 nitrogen and oxygen atoms in total. The van der Waals surface area contributed by atoms with Crippen LogP contribution in [0.5, 0.6) is 0 Å². The second-order valence-electron chi connectivity index (χ2n) is 4.66. The van der Waals surface area contributed by atoms with Crippen molar-refractivity contribution in [3.63, 3.8) is 0 Å². The summed E-state index contributed by atoms with van der Waals surface area (Å²) < 4.78 is 13.9. The summed E-state index contributed by atoms with van der Waals surface area (Å²) in [5.41, 5.74) is 1.79. The fourth-order valence-electron chi connectivity index (χ4n) is 2.28. The van der Waals surface area contributed by atoms with Crippen molar-refractivity contribution >= 4 is 5.69 Å². The lowest BCUT2D eigenvalue weighted by Crippen LogP contribution is -2.19. The average molecular weight is 236 g/mol. The van der Waals surface area contributed by atoms with Gasteiger partial charge in [-0.05, 0) is 43.5 Å². The number of nitrogens with zero attached hydrogens (tertiary/aromatic N) is 1. The van der Waals surface area contributed by atoms with Crippen LogP contribution in [0.25, 0.3) is 0 Å². The summed E-state index contributed by atoms with van der Waals surface area (Å²) in [5.74, 6) is -0.0808. The lowest BCUT2D eigenvalue weighted by atomic mass is 10.2. The van der Waals surface area contributed by atoms with Gasteiger partial charge in [-0.1, -0.05) is 13.0 Å². The Hall–Kier alpha value is -1.09. The lowest BCUT2D eigenvalue weighted by molar-refractivity contribution is 0.615. The van der Waals surface area contributed by atoms with Crippen LogP contribution in [0.3, 0.4) is 0 Å². The fraction of sp³-hybridized carbons (Fsp3) is 0.571. The first-order valence-corrected chi connectivity index (χ1v) is 6.55. The molecule has 2 rings (SSSR count). The van der Waals surface area contributed by atoms with E-state index in [0.717, 1.165) is 43.9 Å².